The predicted octanol–water partition coefficient (Wildman–Crippen LogP) is 2.06. The molecule has 0 saturated carbocycles. The van der Waals surface area contributed by atoms with E-state index in [1.807, 2.05) is 18.2 Å². The molecule has 0 aliphatic carbocycles. The summed E-state index contributed by atoms with van der Waals surface area (Å²) in [5, 5.41) is 5.36. The van der Waals surface area contributed by atoms with Crippen LogP contribution in [0.25, 0.3) is 0 Å². The smallest absolute Gasteiger partial charge is 0.408 e. The van der Waals surface area contributed by atoms with E-state index in [0.717, 1.165) is 16.8 Å². The van der Waals surface area contributed by atoms with Crippen molar-refractivity contribution in [2.45, 2.75) is 32.8 Å². The van der Waals surface area contributed by atoms with Gasteiger partial charge in [0.1, 0.15) is 5.60 Å². The average Bonchev–Trinajstić information content (AvgIpc) is 2.73. The van der Waals surface area contributed by atoms with Crippen molar-refractivity contribution in [3.05, 3.63) is 29.3 Å². The summed E-state index contributed by atoms with van der Waals surface area (Å²) in [5.74, 6) is 5.78. The lowest BCUT2D eigenvalue weighted by atomic mass is 10.1. The second kappa shape index (κ2) is 5.88. The Balaban J connectivity index is 1.94. The number of anilines is 1. The van der Waals surface area contributed by atoms with Crippen LogP contribution in [0.1, 0.15) is 31.9 Å². The van der Waals surface area contributed by atoms with Crippen molar-refractivity contribution >= 4 is 17.7 Å². The highest BCUT2D eigenvalue weighted by atomic mass is 16.6. The number of para-hydroxylation sites is 1. The molecule has 2 amide bonds. The fourth-order valence-electron chi connectivity index (χ4n) is 1.93. The molecule has 0 fully saturated rings. The van der Waals surface area contributed by atoms with Crippen LogP contribution in [0.5, 0.6) is 0 Å². The molecule has 0 bridgehead atoms. The predicted molar refractivity (Wildman–Crippen MR) is 79.9 cm³/mol. The molecule has 0 unspecified atom stereocenters. The van der Waals surface area contributed by atoms with Crippen LogP contribution in [0, 0.1) is 11.8 Å². The number of benzene rings is 1. The number of hydrogen-bond acceptors (Lipinski definition) is 3. The Bertz CT molecular complexity index is 633. The molecule has 1 aromatic carbocycles. The molecule has 0 atom stereocenters. The third-order valence-corrected chi connectivity index (χ3v) is 2.71. The molecule has 2 N–H and O–H groups in total. The van der Waals surface area contributed by atoms with E-state index in [0.29, 0.717) is 6.42 Å². The fraction of sp³-hybridized carbons (Fsp3) is 0.375. The quantitative estimate of drug-likeness (QED) is 0.776. The first-order chi connectivity index (χ1) is 9.85. The summed E-state index contributed by atoms with van der Waals surface area (Å²) < 4.78 is 5.10. The summed E-state index contributed by atoms with van der Waals surface area (Å²) in [6.07, 6.45) is -0.107. The molecular weight excluding hydrogens is 268 g/mol. The number of amides is 2. The Labute approximate surface area is 124 Å². The minimum Gasteiger partial charge on any atom is -0.444 e. The van der Waals surface area contributed by atoms with Crippen LogP contribution in [0.3, 0.4) is 0 Å². The summed E-state index contributed by atoms with van der Waals surface area (Å²) in [5.41, 5.74) is 1.95. The van der Waals surface area contributed by atoms with Crippen molar-refractivity contribution in [3.63, 3.8) is 0 Å². The van der Waals surface area contributed by atoms with Gasteiger partial charge < -0.3 is 15.4 Å². The Morgan fingerprint density at radius 1 is 1.43 bits per heavy atom. The molecule has 0 aromatic heterocycles. The standard InChI is InChI=1S/C16H18N2O3/c1-16(2,3)21-15(20)17-9-5-8-11-6-4-7-12-10-13(19)18-14(11)12/h4,6-7H,9-10H2,1-3H3,(H,17,20)(H,18,19). The van der Waals surface area contributed by atoms with Crippen LogP contribution in [-0.2, 0) is 16.0 Å². The largest absolute Gasteiger partial charge is 0.444 e. The van der Waals surface area contributed by atoms with Crippen molar-refractivity contribution in [3.8, 4) is 11.8 Å². The summed E-state index contributed by atoms with van der Waals surface area (Å²) in [6, 6.07) is 5.60. The van der Waals surface area contributed by atoms with Gasteiger partial charge in [0, 0.05) is 5.56 Å². The van der Waals surface area contributed by atoms with Gasteiger partial charge in [0.15, 0.2) is 0 Å². The maximum atomic E-state index is 11.4. The third-order valence-electron chi connectivity index (χ3n) is 2.71. The maximum Gasteiger partial charge on any atom is 0.408 e. The minimum atomic E-state index is -0.526. The molecule has 1 aromatic rings. The molecule has 110 valence electrons. The van der Waals surface area contributed by atoms with E-state index < -0.39 is 11.7 Å². The molecular formula is C16H18N2O3. The fourth-order valence-corrected chi connectivity index (χ4v) is 1.93. The Morgan fingerprint density at radius 2 is 2.19 bits per heavy atom. The van der Waals surface area contributed by atoms with Gasteiger partial charge in [-0.2, -0.15) is 0 Å². The lowest BCUT2D eigenvalue weighted by molar-refractivity contribution is -0.115. The molecule has 5 heteroatoms. The van der Waals surface area contributed by atoms with Crippen LogP contribution < -0.4 is 10.6 Å². The lowest BCUT2D eigenvalue weighted by Crippen LogP contribution is -2.32. The number of hydrogen-bond donors (Lipinski definition) is 2. The van der Waals surface area contributed by atoms with Crippen molar-refractivity contribution in [1.29, 1.82) is 0 Å². The Kier molecular flexibility index (Phi) is 4.18. The molecule has 1 heterocycles. The van der Waals surface area contributed by atoms with E-state index in [9.17, 15) is 9.59 Å². The zero-order chi connectivity index (χ0) is 15.5. The molecule has 0 saturated heterocycles. The molecule has 5 nitrogen and oxygen atoms in total. The van der Waals surface area contributed by atoms with Crippen molar-refractivity contribution in [2.75, 3.05) is 11.9 Å². The van der Waals surface area contributed by atoms with E-state index in [-0.39, 0.29) is 12.5 Å². The van der Waals surface area contributed by atoms with Gasteiger partial charge in [-0.05, 0) is 32.4 Å². The van der Waals surface area contributed by atoms with Gasteiger partial charge in [0.25, 0.3) is 0 Å². The van der Waals surface area contributed by atoms with Gasteiger partial charge >= 0.3 is 6.09 Å². The Hall–Kier alpha value is -2.48. The SMILES string of the molecule is CC(C)(C)OC(=O)NCC#Cc1cccc2c1NC(=O)C2. The normalized spacial score (nSPS) is 12.8. The molecule has 1 aliphatic rings. The van der Waals surface area contributed by atoms with Crippen LogP contribution in [-0.4, -0.2) is 24.1 Å². The van der Waals surface area contributed by atoms with E-state index in [2.05, 4.69) is 22.5 Å². The first kappa shape index (κ1) is 14.9. The number of alkyl carbamates (subject to hydrolysis) is 1. The summed E-state index contributed by atoms with van der Waals surface area (Å²) in [4.78, 5) is 22.8. The highest BCUT2D eigenvalue weighted by Crippen LogP contribution is 2.26. The molecule has 21 heavy (non-hydrogen) atoms. The summed E-state index contributed by atoms with van der Waals surface area (Å²) in [6.45, 7) is 5.59. The van der Waals surface area contributed by atoms with Gasteiger partial charge in [0.05, 0.1) is 18.7 Å². The van der Waals surface area contributed by atoms with Crippen LogP contribution in [0.15, 0.2) is 18.2 Å². The summed E-state index contributed by atoms with van der Waals surface area (Å²) >= 11 is 0. The first-order valence-corrected chi connectivity index (χ1v) is 6.72. The monoisotopic (exact) mass is 286 g/mol. The number of fused-ring (bicyclic) bond motifs is 1. The number of rotatable bonds is 1. The van der Waals surface area contributed by atoms with Gasteiger partial charge in [-0.1, -0.05) is 24.0 Å². The van der Waals surface area contributed by atoms with Gasteiger partial charge in [-0.15, -0.1) is 0 Å². The molecule has 1 aliphatic heterocycles. The number of carbonyl (C=O) groups excluding carboxylic acids is 2. The highest BCUT2D eigenvalue weighted by molar-refractivity contribution is 6.00. The molecule has 0 spiro atoms. The highest BCUT2D eigenvalue weighted by Gasteiger charge is 2.19. The first-order valence-electron chi connectivity index (χ1n) is 6.72. The lowest BCUT2D eigenvalue weighted by Gasteiger charge is -2.19. The van der Waals surface area contributed by atoms with Crippen LogP contribution in [0.2, 0.25) is 0 Å². The second-order valence-corrected chi connectivity index (χ2v) is 5.72. The van der Waals surface area contributed by atoms with E-state index >= 15 is 0 Å². The van der Waals surface area contributed by atoms with Crippen LogP contribution in [0.4, 0.5) is 10.5 Å². The van der Waals surface area contributed by atoms with E-state index in [4.69, 9.17) is 4.74 Å². The molecule has 2 rings (SSSR count). The van der Waals surface area contributed by atoms with Crippen molar-refractivity contribution in [2.24, 2.45) is 0 Å². The van der Waals surface area contributed by atoms with Crippen LogP contribution >= 0.6 is 0 Å². The zero-order valence-electron chi connectivity index (χ0n) is 12.4. The zero-order valence-corrected chi connectivity index (χ0v) is 12.4. The number of ether oxygens (including phenoxy) is 1. The average molecular weight is 286 g/mol. The maximum absolute atomic E-state index is 11.4. The second-order valence-electron chi connectivity index (χ2n) is 5.72. The van der Waals surface area contributed by atoms with Crippen molar-refractivity contribution < 1.29 is 14.3 Å². The van der Waals surface area contributed by atoms with Gasteiger partial charge in [-0.3, -0.25) is 4.79 Å². The van der Waals surface area contributed by atoms with Gasteiger partial charge in [-0.25, -0.2) is 4.79 Å². The Morgan fingerprint density at radius 3 is 2.90 bits per heavy atom. The topological polar surface area (TPSA) is 67.4 Å². The number of nitrogens with one attached hydrogen (secondary N) is 2. The minimum absolute atomic E-state index is 0.0221. The van der Waals surface area contributed by atoms with E-state index in [1.165, 1.54) is 0 Å². The third kappa shape index (κ3) is 4.25. The van der Waals surface area contributed by atoms with Crippen molar-refractivity contribution in [1.82, 2.24) is 5.32 Å². The molecule has 0 radical (unpaired) electrons. The summed E-state index contributed by atoms with van der Waals surface area (Å²) in [7, 11) is 0. The van der Waals surface area contributed by atoms with E-state index in [1.54, 1.807) is 20.8 Å². The van der Waals surface area contributed by atoms with Gasteiger partial charge in [0.2, 0.25) is 5.91 Å². The number of carbonyl (C=O) groups is 2.